The summed E-state index contributed by atoms with van der Waals surface area (Å²) in [6.45, 7) is 5.36. The van der Waals surface area contributed by atoms with Gasteiger partial charge in [0.25, 0.3) is 0 Å². The summed E-state index contributed by atoms with van der Waals surface area (Å²) in [7, 11) is 1.37. The second kappa shape index (κ2) is 4.88. The van der Waals surface area contributed by atoms with E-state index in [9.17, 15) is 4.79 Å². The number of ether oxygens (including phenoxy) is 1. The van der Waals surface area contributed by atoms with Crippen molar-refractivity contribution >= 4 is 5.97 Å². The first-order chi connectivity index (χ1) is 8.96. The maximum Gasteiger partial charge on any atom is 0.317 e. The first-order valence-corrected chi connectivity index (χ1v) is 6.08. The molecule has 2 rings (SSSR count). The van der Waals surface area contributed by atoms with Crippen LogP contribution in [0, 0.1) is 6.92 Å². The van der Waals surface area contributed by atoms with E-state index < -0.39 is 5.41 Å². The van der Waals surface area contributed by atoms with E-state index >= 15 is 0 Å². The average molecular weight is 259 g/mol. The number of oxazole rings is 1. The van der Waals surface area contributed by atoms with Gasteiger partial charge in [-0.05, 0) is 32.9 Å². The lowest BCUT2D eigenvalue weighted by Gasteiger charge is -2.19. The largest absolute Gasteiger partial charge is 0.468 e. The Morgan fingerprint density at radius 1 is 1.26 bits per heavy atom. The SMILES string of the molecule is COC(=O)C(C)(C)c1nc(-c2ccccc2)oc1C. The van der Waals surface area contributed by atoms with Crippen molar-refractivity contribution in [1.29, 1.82) is 0 Å². The van der Waals surface area contributed by atoms with Crippen molar-refractivity contribution in [2.75, 3.05) is 7.11 Å². The smallest absolute Gasteiger partial charge is 0.317 e. The zero-order valence-electron chi connectivity index (χ0n) is 11.6. The summed E-state index contributed by atoms with van der Waals surface area (Å²) in [5, 5.41) is 0. The Balaban J connectivity index is 2.45. The Bertz CT molecular complexity index is 585. The summed E-state index contributed by atoms with van der Waals surface area (Å²) in [5.41, 5.74) is 0.672. The molecular formula is C15H17NO3. The van der Waals surface area contributed by atoms with Crippen molar-refractivity contribution in [2.45, 2.75) is 26.2 Å². The first kappa shape index (κ1) is 13.3. The third-order valence-corrected chi connectivity index (χ3v) is 3.11. The predicted octanol–water partition coefficient (Wildman–Crippen LogP) is 3.10. The lowest BCUT2D eigenvalue weighted by Crippen LogP contribution is -2.31. The Labute approximate surface area is 112 Å². The maximum absolute atomic E-state index is 11.8. The highest BCUT2D eigenvalue weighted by Crippen LogP contribution is 2.30. The van der Waals surface area contributed by atoms with E-state index in [2.05, 4.69) is 4.98 Å². The minimum absolute atomic E-state index is 0.330. The summed E-state index contributed by atoms with van der Waals surface area (Å²) in [6, 6.07) is 9.60. The molecule has 0 fully saturated rings. The van der Waals surface area contributed by atoms with Crippen molar-refractivity contribution in [3.05, 3.63) is 41.8 Å². The van der Waals surface area contributed by atoms with Crippen LogP contribution in [0.15, 0.2) is 34.7 Å². The molecule has 0 amide bonds. The Morgan fingerprint density at radius 2 is 1.89 bits per heavy atom. The quantitative estimate of drug-likeness (QED) is 0.795. The minimum Gasteiger partial charge on any atom is -0.468 e. The van der Waals surface area contributed by atoms with E-state index in [-0.39, 0.29) is 5.97 Å². The molecule has 0 saturated heterocycles. The number of aryl methyl sites for hydroxylation is 1. The number of aromatic nitrogens is 1. The molecule has 0 aliphatic rings. The molecule has 0 aliphatic carbocycles. The van der Waals surface area contributed by atoms with Gasteiger partial charge in [-0.2, -0.15) is 0 Å². The molecule has 1 heterocycles. The van der Waals surface area contributed by atoms with E-state index in [4.69, 9.17) is 9.15 Å². The normalized spacial score (nSPS) is 11.4. The molecule has 0 bridgehead atoms. The van der Waals surface area contributed by atoms with Crippen molar-refractivity contribution in [2.24, 2.45) is 0 Å². The van der Waals surface area contributed by atoms with E-state index in [0.29, 0.717) is 17.3 Å². The number of carbonyl (C=O) groups excluding carboxylic acids is 1. The minimum atomic E-state index is -0.824. The maximum atomic E-state index is 11.8. The number of carbonyl (C=O) groups is 1. The number of benzene rings is 1. The number of hydrogen-bond donors (Lipinski definition) is 0. The Kier molecular flexibility index (Phi) is 3.42. The molecule has 2 aromatic rings. The van der Waals surface area contributed by atoms with Crippen LogP contribution < -0.4 is 0 Å². The van der Waals surface area contributed by atoms with Gasteiger partial charge in [0.15, 0.2) is 0 Å². The molecule has 0 spiro atoms. The van der Waals surface area contributed by atoms with Gasteiger partial charge in [0.2, 0.25) is 5.89 Å². The van der Waals surface area contributed by atoms with Gasteiger partial charge >= 0.3 is 5.97 Å². The molecule has 4 nitrogen and oxygen atoms in total. The van der Waals surface area contributed by atoms with Gasteiger partial charge < -0.3 is 9.15 Å². The fourth-order valence-electron chi connectivity index (χ4n) is 2.03. The Morgan fingerprint density at radius 3 is 2.47 bits per heavy atom. The van der Waals surface area contributed by atoms with E-state index in [1.165, 1.54) is 7.11 Å². The molecule has 0 aliphatic heterocycles. The second-order valence-corrected chi connectivity index (χ2v) is 4.91. The van der Waals surface area contributed by atoms with Gasteiger partial charge in [-0.25, -0.2) is 4.98 Å². The van der Waals surface area contributed by atoms with E-state index in [1.54, 1.807) is 20.8 Å². The van der Waals surface area contributed by atoms with Gasteiger partial charge in [-0.15, -0.1) is 0 Å². The number of nitrogens with zero attached hydrogens (tertiary/aromatic N) is 1. The van der Waals surface area contributed by atoms with Gasteiger partial charge in [0, 0.05) is 5.56 Å². The highest BCUT2D eigenvalue weighted by Gasteiger charge is 2.36. The van der Waals surface area contributed by atoms with Crippen molar-refractivity contribution < 1.29 is 13.9 Å². The number of esters is 1. The molecule has 1 aromatic carbocycles. The predicted molar refractivity (Wildman–Crippen MR) is 71.7 cm³/mol. The molecule has 0 atom stereocenters. The third-order valence-electron chi connectivity index (χ3n) is 3.11. The number of methoxy groups -OCH3 is 1. The zero-order chi connectivity index (χ0) is 14.0. The van der Waals surface area contributed by atoms with Gasteiger partial charge in [0.05, 0.1) is 12.8 Å². The van der Waals surface area contributed by atoms with Crippen molar-refractivity contribution in [3.8, 4) is 11.5 Å². The Hall–Kier alpha value is -2.10. The van der Waals surface area contributed by atoms with Crippen LogP contribution in [0.2, 0.25) is 0 Å². The summed E-state index contributed by atoms with van der Waals surface area (Å²) < 4.78 is 10.5. The number of rotatable bonds is 3. The third kappa shape index (κ3) is 2.38. The highest BCUT2D eigenvalue weighted by atomic mass is 16.5. The van der Waals surface area contributed by atoms with Crippen LogP contribution in [0.1, 0.15) is 25.3 Å². The zero-order valence-corrected chi connectivity index (χ0v) is 11.6. The van der Waals surface area contributed by atoms with E-state index in [1.807, 2.05) is 30.3 Å². The summed E-state index contributed by atoms with van der Waals surface area (Å²) in [6.07, 6.45) is 0. The lowest BCUT2D eigenvalue weighted by molar-refractivity contribution is -0.146. The first-order valence-electron chi connectivity index (χ1n) is 6.08. The molecule has 0 unspecified atom stereocenters. The standard InChI is InChI=1S/C15H17NO3/c1-10-12(15(2,3)14(17)18-4)16-13(19-10)11-8-6-5-7-9-11/h5-9H,1-4H3. The van der Waals surface area contributed by atoms with E-state index in [0.717, 1.165) is 5.56 Å². The van der Waals surface area contributed by atoms with Crippen molar-refractivity contribution in [3.63, 3.8) is 0 Å². The fourth-order valence-corrected chi connectivity index (χ4v) is 2.03. The lowest BCUT2D eigenvalue weighted by atomic mass is 9.88. The average Bonchev–Trinajstić information content (AvgIpc) is 2.81. The summed E-state index contributed by atoms with van der Waals surface area (Å²) in [5.74, 6) is 0.822. The van der Waals surface area contributed by atoms with Crippen LogP contribution >= 0.6 is 0 Å². The topological polar surface area (TPSA) is 52.3 Å². The van der Waals surface area contributed by atoms with Crippen LogP contribution in [0.3, 0.4) is 0 Å². The highest BCUT2D eigenvalue weighted by molar-refractivity contribution is 5.82. The fraction of sp³-hybridized carbons (Fsp3) is 0.333. The monoisotopic (exact) mass is 259 g/mol. The van der Waals surface area contributed by atoms with Crippen LogP contribution in [0.4, 0.5) is 0 Å². The van der Waals surface area contributed by atoms with Crippen LogP contribution in [0.25, 0.3) is 11.5 Å². The van der Waals surface area contributed by atoms with Crippen LogP contribution in [0.5, 0.6) is 0 Å². The molecule has 1 aromatic heterocycles. The van der Waals surface area contributed by atoms with Gasteiger partial charge in [-0.1, -0.05) is 18.2 Å². The molecule has 19 heavy (non-hydrogen) atoms. The molecule has 0 radical (unpaired) electrons. The molecule has 4 heteroatoms. The van der Waals surface area contributed by atoms with Gasteiger partial charge in [0.1, 0.15) is 11.2 Å². The molecule has 0 N–H and O–H groups in total. The summed E-state index contributed by atoms with van der Waals surface area (Å²) in [4.78, 5) is 16.3. The second-order valence-electron chi connectivity index (χ2n) is 4.91. The van der Waals surface area contributed by atoms with Gasteiger partial charge in [-0.3, -0.25) is 4.79 Å². The van der Waals surface area contributed by atoms with Crippen molar-refractivity contribution in [1.82, 2.24) is 4.98 Å². The molecule has 0 saturated carbocycles. The number of hydrogen-bond acceptors (Lipinski definition) is 4. The molecular weight excluding hydrogens is 242 g/mol. The van der Waals surface area contributed by atoms with Crippen LogP contribution in [-0.2, 0) is 14.9 Å². The van der Waals surface area contributed by atoms with Crippen LogP contribution in [-0.4, -0.2) is 18.1 Å². The molecule has 100 valence electrons. The summed E-state index contributed by atoms with van der Waals surface area (Å²) >= 11 is 0.